The van der Waals surface area contributed by atoms with Crippen LogP contribution in [0.25, 0.3) is 0 Å². The van der Waals surface area contributed by atoms with Crippen molar-refractivity contribution >= 4 is 5.82 Å². The summed E-state index contributed by atoms with van der Waals surface area (Å²) in [6, 6.07) is 4.81. The second kappa shape index (κ2) is 5.03. The highest BCUT2D eigenvalue weighted by Gasteiger charge is 2.39. The maximum absolute atomic E-state index is 6.29. The van der Waals surface area contributed by atoms with E-state index in [0.717, 1.165) is 24.8 Å². The normalized spacial score (nSPS) is 30.4. The van der Waals surface area contributed by atoms with Gasteiger partial charge in [0.2, 0.25) is 0 Å². The van der Waals surface area contributed by atoms with Gasteiger partial charge in [-0.25, -0.2) is 4.98 Å². The van der Waals surface area contributed by atoms with Crippen LogP contribution in [0.15, 0.2) is 18.3 Å². The molecule has 110 valence electrons. The lowest BCUT2D eigenvalue weighted by atomic mass is 9.78. The van der Waals surface area contributed by atoms with Crippen molar-refractivity contribution in [2.24, 2.45) is 17.6 Å². The standard InChI is InChI=1S/C17H27N3/c1-17(2,3)13-7-8-16(19-9-13)20-10-12-5-4-6-15(18)14(12)11-20/h7-9,12,14-15H,4-6,10-11,18H2,1-3H3. The van der Waals surface area contributed by atoms with Crippen molar-refractivity contribution in [1.82, 2.24) is 4.98 Å². The van der Waals surface area contributed by atoms with E-state index in [1.807, 2.05) is 6.20 Å². The van der Waals surface area contributed by atoms with E-state index in [-0.39, 0.29) is 5.41 Å². The van der Waals surface area contributed by atoms with E-state index >= 15 is 0 Å². The van der Waals surface area contributed by atoms with Gasteiger partial charge in [-0.05, 0) is 41.7 Å². The first-order valence-corrected chi connectivity index (χ1v) is 7.92. The van der Waals surface area contributed by atoms with Crippen LogP contribution in [-0.2, 0) is 5.41 Å². The van der Waals surface area contributed by atoms with Gasteiger partial charge in [-0.3, -0.25) is 0 Å². The predicted octanol–water partition coefficient (Wildman–Crippen LogP) is 2.94. The number of aromatic nitrogens is 1. The van der Waals surface area contributed by atoms with Crippen molar-refractivity contribution in [1.29, 1.82) is 0 Å². The van der Waals surface area contributed by atoms with Gasteiger partial charge in [-0.15, -0.1) is 0 Å². The molecular formula is C17H27N3. The Balaban J connectivity index is 1.74. The zero-order valence-electron chi connectivity index (χ0n) is 13.0. The minimum atomic E-state index is 0.173. The molecular weight excluding hydrogens is 246 g/mol. The molecule has 1 aliphatic carbocycles. The van der Waals surface area contributed by atoms with Crippen LogP contribution in [0.5, 0.6) is 0 Å². The average molecular weight is 273 g/mol. The molecule has 3 nitrogen and oxygen atoms in total. The molecule has 0 spiro atoms. The molecule has 3 atom stereocenters. The first-order valence-electron chi connectivity index (χ1n) is 7.92. The van der Waals surface area contributed by atoms with Crippen molar-refractivity contribution in [3.63, 3.8) is 0 Å². The van der Waals surface area contributed by atoms with Crippen LogP contribution < -0.4 is 10.6 Å². The molecule has 1 aromatic heterocycles. The van der Waals surface area contributed by atoms with Gasteiger partial charge in [0, 0.05) is 25.3 Å². The van der Waals surface area contributed by atoms with Crippen molar-refractivity contribution < 1.29 is 0 Å². The first-order chi connectivity index (χ1) is 9.45. The van der Waals surface area contributed by atoms with E-state index in [0.29, 0.717) is 12.0 Å². The van der Waals surface area contributed by atoms with Crippen LogP contribution in [0.3, 0.4) is 0 Å². The molecule has 0 aromatic carbocycles. The van der Waals surface area contributed by atoms with Gasteiger partial charge in [0.05, 0.1) is 0 Å². The fourth-order valence-corrected chi connectivity index (χ4v) is 3.72. The summed E-state index contributed by atoms with van der Waals surface area (Å²) in [6.45, 7) is 8.92. The van der Waals surface area contributed by atoms with E-state index in [4.69, 9.17) is 10.7 Å². The van der Waals surface area contributed by atoms with E-state index in [9.17, 15) is 0 Å². The second-order valence-corrected chi connectivity index (χ2v) is 7.58. The summed E-state index contributed by atoms with van der Waals surface area (Å²) >= 11 is 0. The van der Waals surface area contributed by atoms with Gasteiger partial charge >= 0.3 is 0 Å². The molecule has 0 radical (unpaired) electrons. The molecule has 0 amide bonds. The van der Waals surface area contributed by atoms with E-state index in [1.165, 1.54) is 24.8 Å². The summed E-state index contributed by atoms with van der Waals surface area (Å²) < 4.78 is 0. The fraction of sp³-hybridized carbons (Fsp3) is 0.706. The maximum atomic E-state index is 6.29. The number of nitrogens with two attached hydrogens (primary N) is 1. The third kappa shape index (κ3) is 2.56. The van der Waals surface area contributed by atoms with E-state index < -0.39 is 0 Å². The van der Waals surface area contributed by atoms with Crippen molar-refractivity contribution in [2.45, 2.75) is 51.5 Å². The number of nitrogens with zero attached hydrogens (tertiary/aromatic N) is 2. The molecule has 3 unspecified atom stereocenters. The van der Waals surface area contributed by atoms with Crippen LogP contribution in [-0.4, -0.2) is 24.1 Å². The Hall–Kier alpha value is -1.09. The summed E-state index contributed by atoms with van der Waals surface area (Å²) in [7, 11) is 0. The number of fused-ring (bicyclic) bond motifs is 1. The Morgan fingerprint density at radius 3 is 2.60 bits per heavy atom. The number of hydrogen-bond donors (Lipinski definition) is 1. The zero-order chi connectivity index (χ0) is 14.3. The molecule has 20 heavy (non-hydrogen) atoms. The Labute approximate surface area is 122 Å². The molecule has 1 saturated heterocycles. The molecule has 3 heteroatoms. The minimum absolute atomic E-state index is 0.173. The summed E-state index contributed by atoms with van der Waals surface area (Å²) in [5.41, 5.74) is 7.77. The van der Waals surface area contributed by atoms with Gasteiger partial charge in [-0.1, -0.05) is 33.3 Å². The molecule has 0 bridgehead atoms. The second-order valence-electron chi connectivity index (χ2n) is 7.58. The van der Waals surface area contributed by atoms with Crippen LogP contribution in [0.2, 0.25) is 0 Å². The Kier molecular flexibility index (Phi) is 3.49. The van der Waals surface area contributed by atoms with E-state index in [1.54, 1.807) is 0 Å². The third-order valence-corrected chi connectivity index (χ3v) is 5.09. The highest BCUT2D eigenvalue weighted by molar-refractivity contribution is 5.42. The van der Waals surface area contributed by atoms with Gasteiger partial charge in [0.25, 0.3) is 0 Å². The largest absolute Gasteiger partial charge is 0.356 e. The van der Waals surface area contributed by atoms with Crippen LogP contribution >= 0.6 is 0 Å². The topological polar surface area (TPSA) is 42.1 Å². The lowest BCUT2D eigenvalue weighted by molar-refractivity contribution is 0.260. The highest BCUT2D eigenvalue weighted by atomic mass is 15.2. The molecule has 1 aromatic rings. The van der Waals surface area contributed by atoms with Gasteiger partial charge in [0.15, 0.2) is 0 Å². The monoisotopic (exact) mass is 273 g/mol. The quantitative estimate of drug-likeness (QED) is 0.855. The molecule has 2 aliphatic rings. The Bertz CT molecular complexity index is 460. The Morgan fingerprint density at radius 2 is 2.00 bits per heavy atom. The minimum Gasteiger partial charge on any atom is -0.356 e. The Morgan fingerprint density at radius 1 is 1.20 bits per heavy atom. The molecule has 1 aliphatic heterocycles. The average Bonchev–Trinajstić information content (AvgIpc) is 2.83. The summed E-state index contributed by atoms with van der Waals surface area (Å²) in [6.07, 6.45) is 5.88. The van der Waals surface area contributed by atoms with Crippen molar-refractivity contribution in [2.75, 3.05) is 18.0 Å². The SMILES string of the molecule is CC(C)(C)c1ccc(N2CC3CCCC(N)C3C2)nc1. The van der Waals surface area contributed by atoms with Crippen molar-refractivity contribution in [3.05, 3.63) is 23.9 Å². The maximum Gasteiger partial charge on any atom is 0.128 e. The molecule has 1 saturated carbocycles. The number of anilines is 1. The fourth-order valence-electron chi connectivity index (χ4n) is 3.72. The van der Waals surface area contributed by atoms with Gasteiger partial charge < -0.3 is 10.6 Å². The highest BCUT2D eigenvalue weighted by Crippen LogP contribution is 2.37. The van der Waals surface area contributed by atoms with Crippen molar-refractivity contribution in [3.8, 4) is 0 Å². The van der Waals surface area contributed by atoms with Crippen LogP contribution in [0.1, 0.15) is 45.6 Å². The van der Waals surface area contributed by atoms with Gasteiger partial charge in [-0.2, -0.15) is 0 Å². The zero-order valence-corrected chi connectivity index (χ0v) is 13.0. The molecule has 2 fully saturated rings. The first kappa shape index (κ1) is 13.9. The number of hydrogen-bond acceptors (Lipinski definition) is 3. The van der Waals surface area contributed by atoms with E-state index in [2.05, 4.69) is 37.8 Å². The smallest absolute Gasteiger partial charge is 0.128 e. The summed E-state index contributed by atoms with van der Waals surface area (Å²) in [5.74, 6) is 2.58. The number of rotatable bonds is 1. The lowest BCUT2D eigenvalue weighted by Crippen LogP contribution is -2.38. The molecule has 2 N–H and O–H groups in total. The number of pyridine rings is 1. The molecule has 2 heterocycles. The summed E-state index contributed by atoms with van der Waals surface area (Å²) in [5, 5.41) is 0. The predicted molar refractivity (Wildman–Crippen MR) is 84.0 cm³/mol. The third-order valence-electron chi connectivity index (χ3n) is 5.09. The lowest BCUT2D eigenvalue weighted by Gasteiger charge is -2.29. The van der Waals surface area contributed by atoms with Crippen LogP contribution in [0.4, 0.5) is 5.82 Å². The summed E-state index contributed by atoms with van der Waals surface area (Å²) in [4.78, 5) is 7.13. The molecule has 3 rings (SSSR count). The van der Waals surface area contributed by atoms with Crippen LogP contribution in [0, 0.1) is 11.8 Å². The van der Waals surface area contributed by atoms with Gasteiger partial charge in [0.1, 0.15) is 5.82 Å².